The molecule has 5 heteroatoms. The monoisotopic (exact) mass is 364 g/mol. The van der Waals surface area contributed by atoms with Crippen LogP contribution in [0.3, 0.4) is 0 Å². The van der Waals surface area contributed by atoms with Crippen LogP contribution >= 0.6 is 11.3 Å². The first-order valence-corrected chi connectivity index (χ1v) is 9.23. The maximum atomic E-state index is 13.3. The van der Waals surface area contributed by atoms with E-state index in [9.17, 15) is 9.18 Å². The van der Waals surface area contributed by atoms with Crippen LogP contribution in [0.2, 0.25) is 0 Å². The molecular weight excluding hydrogens is 347 g/mol. The number of aromatic nitrogens is 2. The lowest BCUT2D eigenvalue weighted by Gasteiger charge is -2.07. The Hall–Kier alpha value is -2.79. The third-order valence-corrected chi connectivity index (χ3v) is 5.49. The molecule has 0 radical (unpaired) electrons. The SMILES string of the molecule is Cc1sc2ncn(CCc3ccccc3)c(=O)c2c1-c1ccc(F)cc1. The highest BCUT2D eigenvalue weighted by atomic mass is 32.1. The molecule has 0 saturated heterocycles. The van der Waals surface area contributed by atoms with Gasteiger partial charge < -0.3 is 0 Å². The number of thiophene rings is 1. The molecule has 0 amide bonds. The molecular formula is C21H17FN2OS. The van der Waals surface area contributed by atoms with Gasteiger partial charge in [0.25, 0.3) is 5.56 Å². The van der Waals surface area contributed by atoms with Crippen molar-refractivity contribution in [3.63, 3.8) is 0 Å². The van der Waals surface area contributed by atoms with Crippen LogP contribution in [-0.4, -0.2) is 9.55 Å². The van der Waals surface area contributed by atoms with Crippen LogP contribution in [0.5, 0.6) is 0 Å². The molecule has 26 heavy (non-hydrogen) atoms. The van der Waals surface area contributed by atoms with Crippen molar-refractivity contribution in [3.8, 4) is 11.1 Å². The summed E-state index contributed by atoms with van der Waals surface area (Å²) in [6.45, 7) is 2.54. The Bertz CT molecular complexity index is 1110. The summed E-state index contributed by atoms with van der Waals surface area (Å²) in [6, 6.07) is 16.3. The van der Waals surface area contributed by atoms with Crippen LogP contribution in [0.25, 0.3) is 21.3 Å². The minimum absolute atomic E-state index is 0.0467. The molecule has 3 nitrogen and oxygen atoms in total. The Kier molecular flexibility index (Phi) is 4.39. The van der Waals surface area contributed by atoms with E-state index in [0.29, 0.717) is 11.9 Å². The lowest BCUT2D eigenvalue weighted by atomic mass is 10.0. The van der Waals surface area contributed by atoms with Crippen LogP contribution < -0.4 is 5.56 Å². The molecule has 2 heterocycles. The van der Waals surface area contributed by atoms with Crippen LogP contribution in [-0.2, 0) is 13.0 Å². The number of halogens is 1. The summed E-state index contributed by atoms with van der Waals surface area (Å²) >= 11 is 1.50. The normalized spacial score (nSPS) is 11.2. The van der Waals surface area contributed by atoms with E-state index >= 15 is 0 Å². The molecule has 2 aromatic heterocycles. The van der Waals surface area contributed by atoms with Crippen molar-refractivity contribution in [1.82, 2.24) is 9.55 Å². The lowest BCUT2D eigenvalue weighted by molar-refractivity contribution is 0.628. The zero-order chi connectivity index (χ0) is 18.1. The van der Waals surface area contributed by atoms with E-state index in [1.165, 1.54) is 29.0 Å². The second-order valence-corrected chi connectivity index (χ2v) is 7.40. The zero-order valence-corrected chi connectivity index (χ0v) is 15.1. The quantitative estimate of drug-likeness (QED) is 0.521. The summed E-state index contributed by atoms with van der Waals surface area (Å²) in [5, 5.41) is 0.620. The van der Waals surface area contributed by atoms with Gasteiger partial charge >= 0.3 is 0 Å². The average Bonchev–Trinajstić information content (AvgIpc) is 3.00. The number of rotatable bonds is 4. The molecule has 0 fully saturated rings. The molecule has 0 unspecified atom stereocenters. The van der Waals surface area contributed by atoms with Gasteiger partial charge in [0, 0.05) is 17.0 Å². The summed E-state index contributed by atoms with van der Waals surface area (Å²) in [5.41, 5.74) is 2.83. The molecule has 0 saturated carbocycles. The molecule has 0 spiro atoms. The van der Waals surface area contributed by atoms with Gasteiger partial charge in [0.05, 0.1) is 11.7 Å². The van der Waals surface area contributed by atoms with Gasteiger partial charge in [-0.2, -0.15) is 0 Å². The Morgan fingerprint density at radius 2 is 1.81 bits per heavy atom. The predicted molar refractivity (Wildman–Crippen MR) is 104 cm³/mol. The van der Waals surface area contributed by atoms with Gasteiger partial charge in [0.1, 0.15) is 10.6 Å². The lowest BCUT2D eigenvalue weighted by Crippen LogP contribution is -2.21. The van der Waals surface area contributed by atoms with Crippen molar-refractivity contribution < 1.29 is 4.39 Å². The van der Waals surface area contributed by atoms with Crippen LogP contribution in [0.4, 0.5) is 4.39 Å². The highest BCUT2D eigenvalue weighted by Gasteiger charge is 2.17. The van der Waals surface area contributed by atoms with Crippen LogP contribution in [0.15, 0.2) is 65.7 Å². The number of aryl methyl sites for hydroxylation is 3. The third-order valence-electron chi connectivity index (χ3n) is 4.47. The van der Waals surface area contributed by atoms with Crippen molar-refractivity contribution in [2.75, 3.05) is 0 Å². The van der Waals surface area contributed by atoms with E-state index < -0.39 is 0 Å². The van der Waals surface area contributed by atoms with Crippen molar-refractivity contribution >= 4 is 21.6 Å². The predicted octanol–water partition coefficient (Wildman–Crippen LogP) is 4.82. The minimum atomic E-state index is -0.288. The fourth-order valence-corrected chi connectivity index (χ4v) is 4.16. The second kappa shape index (κ2) is 6.84. The molecule has 0 N–H and O–H groups in total. The van der Waals surface area contributed by atoms with Gasteiger partial charge in [-0.25, -0.2) is 9.37 Å². The molecule has 4 rings (SSSR count). The summed E-state index contributed by atoms with van der Waals surface area (Å²) in [7, 11) is 0. The smallest absolute Gasteiger partial charge is 0.262 e. The van der Waals surface area contributed by atoms with Gasteiger partial charge in [0.2, 0.25) is 0 Å². The molecule has 2 aromatic carbocycles. The van der Waals surface area contributed by atoms with Gasteiger partial charge in [-0.05, 0) is 36.6 Å². The van der Waals surface area contributed by atoms with Crippen LogP contribution in [0.1, 0.15) is 10.4 Å². The highest BCUT2D eigenvalue weighted by molar-refractivity contribution is 7.19. The van der Waals surface area contributed by atoms with Crippen LogP contribution in [0, 0.1) is 12.7 Å². The maximum absolute atomic E-state index is 13.3. The summed E-state index contributed by atoms with van der Waals surface area (Å²) < 4.78 is 14.9. The van der Waals surface area contributed by atoms with E-state index in [2.05, 4.69) is 17.1 Å². The Balaban J connectivity index is 1.78. The summed E-state index contributed by atoms with van der Waals surface area (Å²) in [5.74, 6) is -0.288. The van der Waals surface area contributed by atoms with Gasteiger partial charge in [-0.1, -0.05) is 42.5 Å². The first-order valence-electron chi connectivity index (χ1n) is 8.42. The number of hydrogen-bond donors (Lipinski definition) is 0. The summed E-state index contributed by atoms with van der Waals surface area (Å²) in [4.78, 5) is 19.3. The molecule has 0 aliphatic carbocycles. The number of nitrogens with zero attached hydrogens (tertiary/aromatic N) is 2. The first-order chi connectivity index (χ1) is 12.6. The highest BCUT2D eigenvalue weighted by Crippen LogP contribution is 2.35. The van der Waals surface area contributed by atoms with Gasteiger partial charge in [-0.3, -0.25) is 9.36 Å². The molecule has 0 aliphatic heterocycles. The number of hydrogen-bond acceptors (Lipinski definition) is 3. The van der Waals surface area contributed by atoms with E-state index in [4.69, 9.17) is 0 Å². The second-order valence-electron chi connectivity index (χ2n) is 6.20. The van der Waals surface area contributed by atoms with Gasteiger partial charge in [-0.15, -0.1) is 11.3 Å². The molecule has 4 aromatic rings. The van der Waals surface area contributed by atoms with Crippen molar-refractivity contribution in [3.05, 3.63) is 87.5 Å². The molecule has 130 valence electrons. The standard InChI is InChI=1S/C21H17FN2OS/c1-14-18(16-7-9-17(22)10-8-16)19-20(26-14)23-13-24(21(19)25)12-11-15-5-3-2-4-6-15/h2-10,13H,11-12H2,1H3. The minimum Gasteiger partial charge on any atom is -0.298 e. The van der Waals surface area contributed by atoms with E-state index in [1.54, 1.807) is 23.0 Å². The summed E-state index contributed by atoms with van der Waals surface area (Å²) in [6.07, 6.45) is 2.39. The number of benzene rings is 2. The van der Waals surface area contributed by atoms with Crippen molar-refractivity contribution in [2.24, 2.45) is 0 Å². The molecule has 0 bridgehead atoms. The molecule has 0 aliphatic rings. The van der Waals surface area contributed by atoms with Gasteiger partial charge in [0.15, 0.2) is 0 Å². The maximum Gasteiger partial charge on any atom is 0.262 e. The van der Waals surface area contributed by atoms with Crippen molar-refractivity contribution in [2.45, 2.75) is 19.9 Å². The average molecular weight is 364 g/mol. The third kappa shape index (κ3) is 3.06. The van der Waals surface area contributed by atoms with E-state index in [-0.39, 0.29) is 11.4 Å². The number of fused-ring (bicyclic) bond motifs is 1. The Morgan fingerprint density at radius 1 is 1.08 bits per heavy atom. The van der Waals surface area contributed by atoms with E-state index in [0.717, 1.165) is 27.3 Å². The Morgan fingerprint density at radius 3 is 2.54 bits per heavy atom. The van der Waals surface area contributed by atoms with Crippen molar-refractivity contribution in [1.29, 1.82) is 0 Å². The molecule has 0 atom stereocenters. The van der Waals surface area contributed by atoms with E-state index in [1.807, 2.05) is 25.1 Å². The Labute approximate surface area is 154 Å². The topological polar surface area (TPSA) is 34.9 Å². The fraction of sp³-hybridized carbons (Fsp3) is 0.143. The first kappa shape index (κ1) is 16.7. The zero-order valence-electron chi connectivity index (χ0n) is 14.3. The fourth-order valence-electron chi connectivity index (χ4n) is 3.16. The largest absolute Gasteiger partial charge is 0.298 e.